The van der Waals surface area contributed by atoms with E-state index in [0.29, 0.717) is 18.4 Å². The Morgan fingerprint density at radius 3 is 2.61 bits per heavy atom. The van der Waals surface area contributed by atoms with Crippen LogP contribution in [0.4, 0.5) is 5.69 Å². The van der Waals surface area contributed by atoms with Crippen molar-refractivity contribution in [3.8, 4) is 0 Å². The number of primary amides is 1. The van der Waals surface area contributed by atoms with Crippen LogP contribution in [0.3, 0.4) is 0 Å². The third kappa shape index (κ3) is 4.93. The van der Waals surface area contributed by atoms with Gasteiger partial charge in [-0.25, -0.2) is 0 Å². The second-order valence-corrected chi connectivity index (χ2v) is 9.64. The van der Waals surface area contributed by atoms with Gasteiger partial charge in [-0.3, -0.25) is 24.5 Å². The zero-order chi connectivity index (χ0) is 26.0. The van der Waals surface area contributed by atoms with Crippen molar-refractivity contribution in [2.75, 3.05) is 0 Å². The number of aromatic nitrogens is 1. The van der Waals surface area contributed by atoms with Gasteiger partial charge in [0.2, 0.25) is 17.7 Å². The molecule has 1 heterocycles. The Bertz CT molecular complexity index is 1350. The van der Waals surface area contributed by atoms with Gasteiger partial charge in [0.05, 0.1) is 11.3 Å². The Hall–Kier alpha value is -4.21. The number of benzene rings is 2. The highest BCUT2D eigenvalue weighted by atomic mass is 16.6. The maximum absolute atomic E-state index is 13.7. The van der Waals surface area contributed by atoms with Crippen LogP contribution in [0, 0.1) is 16.0 Å². The van der Waals surface area contributed by atoms with Crippen molar-refractivity contribution in [3.05, 3.63) is 75.5 Å². The quantitative estimate of drug-likeness (QED) is 0.280. The fourth-order valence-corrected chi connectivity index (χ4v) is 4.88. The summed E-state index contributed by atoms with van der Waals surface area (Å²) >= 11 is 0. The highest BCUT2D eigenvalue weighted by Gasteiger charge is 2.45. The molecule has 10 nitrogen and oxygen atoms in total. The lowest BCUT2D eigenvalue weighted by Gasteiger charge is -2.38. The van der Waals surface area contributed by atoms with E-state index in [-0.39, 0.29) is 24.4 Å². The molecule has 0 unspecified atom stereocenters. The number of carbonyl (C=O) groups excluding carboxylic acids is 3. The van der Waals surface area contributed by atoms with Crippen LogP contribution in [-0.4, -0.2) is 39.2 Å². The van der Waals surface area contributed by atoms with Crippen molar-refractivity contribution in [2.24, 2.45) is 11.7 Å². The van der Waals surface area contributed by atoms with Gasteiger partial charge in [-0.05, 0) is 36.0 Å². The van der Waals surface area contributed by atoms with Crippen LogP contribution in [-0.2, 0) is 33.6 Å². The predicted molar refractivity (Wildman–Crippen MR) is 134 cm³/mol. The molecule has 0 saturated heterocycles. The number of nitrogens with one attached hydrogen (secondary N) is 3. The molecule has 2 atom stereocenters. The molecule has 0 spiro atoms. The highest BCUT2D eigenvalue weighted by molar-refractivity contribution is 5.97. The number of para-hydroxylation sites is 1. The number of non-ortho nitro benzene ring substituents is 1. The number of aromatic amines is 1. The molecule has 3 aromatic rings. The Kier molecular flexibility index (Phi) is 6.78. The normalized spacial score (nSPS) is 17.9. The summed E-state index contributed by atoms with van der Waals surface area (Å²) in [5.74, 6) is -1.83. The van der Waals surface area contributed by atoms with Crippen molar-refractivity contribution in [1.29, 1.82) is 0 Å². The van der Waals surface area contributed by atoms with Gasteiger partial charge in [-0.1, -0.05) is 44.2 Å². The first-order valence-electron chi connectivity index (χ1n) is 11.8. The second-order valence-electron chi connectivity index (χ2n) is 9.64. The molecular formula is C26H29N5O5. The SMILES string of the molecule is CC(C)[C@H](NC(=O)[C@@]1(NC(=O)Cc2cccc([N+](=O)[O-])c2)CCc2[nH]c3ccccc3c2C1)C(N)=O. The number of nitrogens with two attached hydrogens (primary N) is 1. The molecule has 188 valence electrons. The first-order valence-corrected chi connectivity index (χ1v) is 11.8. The number of carbonyl (C=O) groups is 3. The number of hydrogen-bond donors (Lipinski definition) is 4. The average molecular weight is 492 g/mol. The minimum Gasteiger partial charge on any atom is -0.368 e. The van der Waals surface area contributed by atoms with E-state index in [9.17, 15) is 24.5 Å². The molecule has 0 aliphatic heterocycles. The number of nitro benzene ring substituents is 1. The summed E-state index contributed by atoms with van der Waals surface area (Å²) in [7, 11) is 0. The van der Waals surface area contributed by atoms with Gasteiger partial charge in [-0.2, -0.15) is 0 Å². The van der Waals surface area contributed by atoms with Crippen LogP contribution in [0.1, 0.15) is 37.1 Å². The number of H-pyrrole nitrogens is 1. The van der Waals surface area contributed by atoms with E-state index in [1.54, 1.807) is 19.9 Å². The zero-order valence-corrected chi connectivity index (χ0v) is 20.2. The summed E-state index contributed by atoms with van der Waals surface area (Å²) in [5.41, 5.74) is 7.43. The van der Waals surface area contributed by atoms with E-state index in [1.807, 2.05) is 24.3 Å². The van der Waals surface area contributed by atoms with Crippen LogP contribution >= 0.6 is 0 Å². The highest BCUT2D eigenvalue weighted by Crippen LogP contribution is 2.34. The maximum atomic E-state index is 13.7. The molecule has 1 aromatic heterocycles. The molecular weight excluding hydrogens is 462 g/mol. The summed E-state index contributed by atoms with van der Waals surface area (Å²) in [5, 5.41) is 17.8. The Labute approximate surface area is 207 Å². The van der Waals surface area contributed by atoms with Crippen LogP contribution in [0.15, 0.2) is 48.5 Å². The van der Waals surface area contributed by atoms with Gasteiger partial charge in [0.1, 0.15) is 11.6 Å². The predicted octanol–water partition coefficient (Wildman–Crippen LogP) is 2.29. The maximum Gasteiger partial charge on any atom is 0.269 e. The van der Waals surface area contributed by atoms with Crippen molar-refractivity contribution in [2.45, 2.75) is 51.1 Å². The van der Waals surface area contributed by atoms with Crippen molar-refractivity contribution < 1.29 is 19.3 Å². The zero-order valence-electron chi connectivity index (χ0n) is 20.2. The summed E-state index contributed by atoms with van der Waals surface area (Å²) in [6.07, 6.45) is 0.906. The summed E-state index contributed by atoms with van der Waals surface area (Å²) < 4.78 is 0. The van der Waals surface area contributed by atoms with Gasteiger partial charge in [0.25, 0.3) is 5.69 Å². The topological polar surface area (TPSA) is 160 Å². The van der Waals surface area contributed by atoms with Gasteiger partial charge in [-0.15, -0.1) is 0 Å². The van der Waals surface area contributed by atoms with E-state index in [0.717, 1.165) is 22.2 Å². The molecule has 0 radical (unpaired) electrons. The van der Waals surface area contributed by atoms with E-state index >= 15 is 0 Å². The van der Waals surface area contributed by atoms with Gasteiger partial charge in [0, 0.05) is 35.2 Å². The smallest absolute Gasteiger partial charge is 0.269 e. The van der Waals surface area contributed by atoms with Crippen LogP contribution in [0.25, 0.3) is 10.9 Å². The second kappa shape index (κ2) is 9.80. The van der Waals surface area contributed by atoms with Crippen LogP contribution in [0.5, 0.6) is 0 Å². The number of nitrogens with zero attached hydrogens (tertiary/aromatic N) is 1. The minimum absolute atomic E-state index is 0.116. The molecule has 0 saturated carbocycles. The molecule has 2 aromatic carbocycles. The third-order valence-electron chi connectivity index (χ3n) is 6.74. The van der Waals surface area contributed by atoms with Gasteiger partial charge < -0.3 is 21.4 Å². The van der Waals surface area contributed by atoms with E-state index in [2.05, 4.69) is 15.6 Å². The molecule has 1 aliphatic carbocycles. The van der Waals surface area contributed by atoms with E-state index in [1.165, 1.54) is 18.2 Å². The Balaban J connectivity index is 1.66. The van der Waals surface area contributed by atoms with Crippen molar-refractivity contribution >= 4 is 34.3 Å². The Morgan fingerprint density at radius 2 is 1.92 bits per heavy atom. The summed E-state index contributed by atoms with van der Waals surface area (Å²) in [4.78, 5) is 52.9. The lowest BCUT2D eigenvalue weighted by Crippen LogP contribution is -2.64. The number of nitro groups is 1. The summed E-state index contributed by atoms with van der Waals surface area (Å²) in [6, 6.07) is 12.7. The van der Waals surface area contributed by atoms with Crippen LogP contribution in [0.2, 0.25) is 0 Å². The molecule has 3 amide bonds. The van der Waals surface area contributed by atoms with E-state index < -0.39 is 34.2 Å². The molecule has 5 N–H and O–H groups in total. The third-order valence-corrected chi connectivity index (χ3v) is 6.74. The van der Waals surface area contributed by atoms with Crippen molar-refractivity contribution in [1.82, 2.24) is 15.6 Å². The Morgan fingerprint density at radius 1 is 1.17 bits per heavy atom. The van der Waals surface area contributed by atoms with Crippen LogP contribution < -0.4 is 16.4 Å². The number of hydrogen-bond acceptors (Lipinski definition) is 5. The molecule has 10 heteroatoms. The number of amides is 3. The molecule has 36 heavy (non-hydrogen) atoms. The monoisotopic (exact) mass is 491 g/mol. The number of rotatable bonds is 8. The fourth-order valence-electron chi connectivity index (χ4n) is 4.88. The minimum atomic E-state index is -1.32. The lowest BCUT2D eigenvalue weighted by molar-refractivity contribution is -0.384. The number of aryl methyl sites for hydroxylation is 1. The largest absolute Gasteiger partial charge is 0.368 e. The summed E-state index contributed by atoms with van der Waals surface area (Å²) in [6.45, 7) is 3.56. The number of fused-ring (bicyclic) bond motifs is 3. The molecule has 4 rings (SSSR count). The lowest BCUT2D eigenvalue weighted by atomic mass is 9.78. The molecule has 0 fully saturated rings. The first kappa shape index (κ1) is 24.9. The van der Waals surface area contributed by atoms with Crippen molar-refractivity contribution in [3.63, 3.8) is 0 Å². The first-order chi connectivity index (χ1) is 17.1. The molecule has 1 aliphatic rings. The average Bonchev–Trinajstić information content (AvgIpc) is 3.19. The molecule has 0 bridgehead atoms. The van der Waals surface area contributed by atoms with Gasteiger partial charge in [0.15, 0.2) is 0 Å². The fraction of sp³-hybridized carbons (Fsp3) is 0.346. The van der Waals surface area contributed by atoms with Gasteiger partial charge >= 0.3 is 0 Å². The standard InChI is InChI=1S/C26H29N5O5/c1-15(2)23(24(27)33)29-25(34)26(30-22(32)13-16-6-5-7-17(12-16)31(35)36)11-10-21-19(14-26)18-8-3-4-9-20(18)28-21/h3-9,12,15,23,28H,10-11,13-14H2,1-2H3,(H2,27,33)(H,29,34)(H,30,32)/t23-,26+/m0/s1. The van der Waals surface area contributed by atoms with E-state index in [4.69, 9.17) is 5.73 Å².